The lowest BCUT2D eigenvalue weighted by molar-refractivity contribution is -0.265. The number of halogens is 2. The second-order valence-electron chi connectivity index (χ2n) is 12.7. The van der Waals surface area contributed by atoms with Crippen molar-refractivity contribution in [2.45, 2.75) is 83.0 Å². The highest BCUT2D eigenvalue weighted by Gasteiger charge is 2.70. The van der Waals surface area contributed by atoms with Crippen molar-refractivity contribution in [3.8, 4) is 0 Å². The lowest BCUT2D eigenvalue weighted by Gasteiger charge is -2.65. The highest BCUT2D eigenvalue weighted by Crippen LogP contribution is 2.68. The van der Waals surface area contributed by atoms with Crippen molar-refractivity contribution in [3.05, 3.63) is 45.1 Å². The van der Waals surface area contributed by atoms with Crippen LogP contribution >= 0.6 is 31.9 Å². The number of carbonyl (C=O) groups is 3. The monoisotopic (exact) mass is 696 g/mol. The number of rotatable bonds is 5. The standard InChI is InChI=1S/C30H34Br2O9/c1-17-4-7-20-27(2,15-37-25(34)18-5-8-22(31)38-18)21(40-26(35)19-6-9-23(32)39-19)10-11-28(20,3)30(17)13-12-29(41-30)14-24(33)36-16-29/h5-6,8-9,17,20-21H,4,7,10-16H2,1-3H3/t17-,20-,21+,27+,28+,29+,30-/m1/s1. The fourth-order valence-corrected chi connectivity index (χ4v) is 9.04. The van der Waals surface area contributed by atoms with Crippen LogP contribution in [0.1, 0.15) is 86.8 Å². The molecule has 2 spiro atoms. The molecule has 0 bridgehead atoms. The van der Waals surface area contributed by atoms with E-state index in [9.17, 15) is 14.4 Å². The molecule has 0 unspecified atom stereocenters. The Hall–Kier alpha value is -2.11. The maximum Gasteiger partial charge on any atom is 0.374 e. The van der Waals surface area contributed by atoms with E-state index in [0.29, 0.717) is 15.8 Å². The third-order valence-electron chi connectivity index (χ3n) is 10.5. The Balaban J connectivity index is 1.33. The van der Waals surface area contributed by atoms with Crippen LogP contribution in [0.25, 0.3) is 0 Å². The first-order valence-electron chi connectivity index (χ1n) is 14.1. The minimum Gasteiger partial charge on any atom is -0.463 e. The number of hydrogen-bond acceptors (Lipinski definition) is 9. The molecule has 2 saturated heterocycles. The van der Waals surface area contributed by atoms with Crippen molar-refractivity contribution in [2.24, 2.45) is 22.7 Å². The Kier molecular flexibility index (Phi) is 7.25. The molecule has 2 saturated carbocycles. The van der Waals surface area contributed by atoms with Gasteiger partial charge in [-0.1, -0.05) is 20.8 Å². The van der Waals surface area contributed by atoms with Gasteiger partial charge < -0.3 is 27.8 Å². The summed E-state index contributed by atoms with van der Waals surface area (Å²) in [6, 6.07) is 6.41. The van der Waals surface area contributed by atoms with E-state index in [-0.39, 0.29) is 54.4 Å². The van der Waals surface area contributed by atoms with E-state index in [0.717, 1.165) is 32.1 Å². The number of ether oxygens (including phenoxy) is 4. The van der Waals surface area contributed by atoms with Crippen LogP contribution < -0.4 is 0 Å². The fourth-order valence-electron chi connectivity index (χ4n) is 8.42. The summed E-state index contributed by atoms with van der Waals surface area (Å²) < 4.78 is 36.3. The average Bonchev–Trinajstić information content (AvgIpc) is 3.72. The van der Waals surface area contributed by atoms with Gasteiger partial charge in [0.15, 0.2) is 9.34 Å². The Morgan fingerprint density at radius 3 is 2.24 bits per heavy atom. The highest BCUT2D eigenvalue weighted by molar-refractivity contribution is 9.10. The van der Waals surface area contributed by atoms with Crippen LogP contribution in [0.5, 0.6) is 0 Å². The topological polar surface area (TPSA) is 114 Å². The van der Waals surface area contributed by atoms with Crippen molar-refractivity contribution in [1.82, 2.24) is 0 Å². The van der Waals surface area contributed by atoms with Crippen LogP contribution in [0.2, 0.25) is 0 Å². The van der Waals surface area contributed by atoms with Crippen LogP contribution in [0.3, 0.4) is 0 Å². The maximum atomic E-state index is 13.2. The summed E-state index contributed by atoms with van der Waals surface area (Å²) in [5.74, 6) is -0.918. The van der Waals surface area contributed by atoms with E-state index < -0.39 is 34.7 Å². The van der Waals surface area contributed by atoms with Gasteiger partial charge in [-0.2, -0.15) is 0 Å². The molecule has 11 heteroatoms. The molecule has 4 fully saturated rings. The van der Waals surface area contributed by atoms with Crippen molar-refractivity contribution in [1.29, 1.82) is 0 Å². The summed E-state index contributed by atoms with van der Waals surface area (Å²) in [5.41, 5.74) is -2.14. The molecular formula is C30H34Br2O9. The molecule has 0 aromatic carbocycles. The normalized spacial score (nSPS) is 38.2. The molecule has 9 nitrogen and oxygen atoms in total. The molecule has 2 aliphatic heterocycles. The van der Waals surface area contributed by atoms with Crippen molar-refractivity contribution in [3.63, 3.8) is 0 Å². The summed E-state index contributed by atoms with van der Waals surface area (Å²) in [6.07, 6.45) is 4.37. The van der Waals surface area contributed by atoms with Gasteiger partial charge in [0, 0.05) is 10.8 Å². The van der Waals surface area contributed by atoms with E-state index >= 15 is 0 Å². The van der Waals surface area contributed by atoms with Gasteiger partial charge in [0.1, 0.15) is 24.9 Å². The Bertz CT molecular complexity index is 1370. The van der Waals surface area contributed by atoms with Crippen molar-refractivity contribution < 1.29 is 42.2 Å². The lowest BCUT2D eigenvalue weighted by Crippen LogP contribution is -2.67. The van der Waals surface area contributed by atoms with Gasteiger partial charge in [0.05, 0.1) is 12.0 Å². The first-order valence-corrected chi connectivity index (χ1v) is 15.7. The van der Waals surface area contributed by atoms with Crippen LogP contribution in [0.4, 0.5) is 0 Å². The first kappa shape index (κ1) is 29.0. The van der Waals surface area contributed by atoms with Gasteiger partial charge in [-0.3, -0.25) is 4.79 Å². The molecule has 4 aliphatic rings. The van der Waals surface area contributed by atoms with E-state index in [2.05, 4.69) is 45.7 Å². The third-order valence-corrected chi connectivity index (χ3v) is 11.4. The predicted octanol–water partition coefficient (Wildman–Crippen LogP) is 6.87. The van der Waals surface area contributed by atoms with Crippen LogP contribution in [-0.4, -0.2) is 48.4 Å². The zero-order chi connectivity index (χ0) is 29.2. The van der Waals surface area contributed by atoms with Gasteiger partial charge >= 0.3 is 17.9 Å². The number of carbonyl (C=O) groups excluding carboxylic acids is 3. The average molecular weight is 698 g/mol. The van der Waals surface area contributed by atoms with Crippen molar-refractivity contribution >= 4 is 49.8 Å². The number of cyclic esters (lactones) is 1. The van der Waals surface area contributed by atoms with E-state index in [4.69, 9.17) is 27.8 Å². The minimum atomic E-state index is -0.736. The molecule has 222 valence electrons. The first-order chi connectivity index (χ1) is 19.4. The number of hydrogen-bond donors (Lipinski definition) is 0. The van der Waals surface area contributed by atoms with Gasteiger partial charge in [0.2, 0.25) is 11.5 Å². The molecule has 2 aliphatic carbocycles. The van der Waals surface area contributed by atoms with Gasteiger partial charge in [-0.25, -0.2) is 9.59 Å². The minimum absolute atomic E-state index is 0.00889. The third kappa shape index (κ3) is 4.70. The zero-order valence-corrected chi connectivity index (χ0v) is 26.5. The lowest BCUT2D eigenvalue weighted by atomic mass is 9.43. The second kappa shape index (κ2) is 10.3. The Labute approximate surface area is 255 Å². The summed E-state index contributed by atoms with van der Waals surface area (Å²) in [5, 5.41) is 0. The Morgan fingerprint density at radius 1 is 0.951 bits per heavy atom. The summed E-state index contributed by atoms with van der Waals surface area (Å²) in [6.45, 7) is 6.88. The molecule has 2 aromatic rings. The second-order valence-corrected chi connectivity index (χ2v) is 14.2. The highest BCUT2D eigenvalue weighted by atomic mass is 79.9. The molecule has 7 atom stereocenters. The molecular weight excluding hydrogens is 664 g/mol. The SMILES string of the molecule is C[C@@H]1CC[C@@H]2[C@](C)(COC(=O)c3ccc(Br)o3)[C@@H](OC(=O)c3ccc(Br)o3)CC[C@]2(C)[C@@]12CC[C@]1(COC(=O)C1)O2. The fraction of sp³-hybridized carbons (Fsp3) is 0.633. The molecule has 4 heterocycles. The Morgan fingerprint density at radius 2 is 1.63 bits per heavy atom. The summed E-state index contributed by atoms with van der Waals surface area (Å²) in [4.78, 5) is 38.3. The quantitative estimate of drug-likeness (QED) is 0.244. The molecule has 0 N–H and O–H groups in total. The maximum absolute atomic E-state index is 13.2. The number of furan rings is 2. The summed E-state index contributed by atoms with van der Waals surface area (Å²) >= 11 is 6.48. The van der Waals surface area contributed by atoms with Gasteiger partial charge in [-0.05, 0) is 106 Å². The molecule has 6 rings (SSSR count). The largest absolute Gasteiger partial charge is 0.463 e. The number of fused-ring (bicyclic) bond motifs is 2. The van der Waals surface area contributed by atoms with Crippen molar-refractivity contribution in [2.75, 3.05) is 13.2 Å². The smallest absolute Gasteiger partial charge is 0.374 e. The molecule has 41 heavy (non-hydrogen) atoms. The van der Waals surface area contributed by atoms with Crippen LogP contribution in [0, 0.1) is 22.7 Å². The van der Waals surface area contributed by atoms with E-state index in [1.54, 1.807) is 24.3 Å². The predicted molar refractivity (Wildman–Crippen MR) is 151 cm³/mol. The van der Waals surface area contributed by atoms with Crippen LogP contribution in [-0.2, 0) is 23.7 Å². The summed E-state index contributed by atoms with van der Waals surface area (Å²) in [7, 11) is 0. The number of esters is 3. The van der Waals surface area contributed by atoms with Crippen LogP contribution in [0.15, 0.2) is 42.4 Å². The van der Waals surface area contributed by atoms with E-state index in [1.807, 2.05) is 6.92 Å². The molecule has 0 radical (unpaired) electrons. The molecule has 2 aromatic heterocycles. The molecule has 0 amide bonds. The van der Waals surface area contributed by atoms with E-state index in [1.165, 1.54) is 0 Å². The zero-order valence-electron chi connectivity index (χ0n) is 23.3. The van der Waals surface area contributed by atoms with Gasteiger partial charge in [0.25, 0.3) is 0 Å². The van der Waals surface area contributed by atoms with Gasteiger partial charge in [-0.15, -0.1) is 0 Å².